The van der Waals surface area contributed by atoms with E-state index in [4.69, 9.17) is 21.3 Å². The van der Waals surface area contributed by atoms with Gasteiger partial charge in [-0.05, 0) is 56.4 Å². The van der Waals surface area contributed by atoms with E-state index in [1.54, 1.807) is 48.3 Å². The number of piperidine rings is 1. The molecule has 2 fully saturated rings. The molecule has 6 rings (SSSR count). The summed E-state index contributed by atoms with van der Waals surface area (Å²) in [5.74, 6) is 0.574. The summed E-state index contributed by atoms with van der Waals surface area (Å²) in [6.07, 6.45) is 0.212. The molecule has 1 aromatic carbocycles. The largest absolute Gasteiger partial charge is 0.466 e. The van der Waals surface area contributed by atoms with Gasteiger partial charge in [0.2, 0.25) is 11.9 Å². The van der Waals surface area contributed by atoms with Crippen LogP contribution in [0.15, 0.2) is 49.2 Å². The third-order valence-electron chi connectivity index (χ3n) is 9.62. The molecule has 0 aliphatic carbocycles. The molecule has 2 unspecified atom stereocenters. The molecule has 11 nitrogen and oxygen atoms in total. The lowest BCUT2D eigenvalue weighted by molar-refractivity contribution is -0.148. The summed E-state index contributed by atoms with van der Waals surface area (Å²) in [6.45, 7) is 5.03. The summed E-state index contributed by atoms with van der Waals surface area (Å²) in [6, 6.07) is 0.956. The highest BCUT2D eigenvalue weighted by molar-refractivity contribution is 6.32. The quantitative estimate of drug-likeness (QED) is 0.122. The van der Waals surface area contributed by atoms with Crippen molar-refractivity contribution < 1.29 is 35.9 Å². The Balaban J connectivity index is 1.32. The van der Waals surface area contributed by atoms with E-state index in [-0.39, 0.29) is 53.6 Å². The Bertz CT molecular complexity index is 1870. The Morgan fingerprint density at radius 1 is 0.943 bits per heavy atom. The molecule has 0 amide bonds. The predicted molar refractivity (Wildman–Crippen MR) is 185 cm³/mol. The number of nitrogens with zero attached hydrogens (tertiary/aromatic N) is 9. The van der Waals surface area contributed by atoms with Gasteiger partial charge in [0.25, 0.3) is 0 Å². The molecule has 2 aliphatic heterocycles. The summed E-state index contributed by atoms with van der Waals surface area (Å²) in [7, 11) is 1.75. The van der Waals surface area contributed by atoms with Crippen molar-refractivity contribution in [3.05, 3.63) is 70.9 Å². The molecule has 5 heterocycles. The second-order valence-corrected chi connectivity index (χ2v) is 13.6. The van der Waals surface area contributed by atoms with Crippen LogP contribution in [0.5, 0.6) is 0 Å². The first-order chi connectivity index (χ1) is 25.1. The topological polar surface area (TPSA) is 105 Å². The Hall–Kier alpha value is -4.67. The van der Waals surface area contributed by atoms with E-state index in [1.807, 2.05) is 16.7 Å². The molecule has 0 radical (unpaired) electrons. The second kappa shape index (κ2) is 15.4. The van der Waals surface area contributed by atoms with Crippen LogP contribution in [0.3, 0.4) is 0 Å². The Labute approximate surface area is 306 Å². The maximum absolute atomic E-state index is 13.9. The van der Waals surface area contributed by atoms with Crippen LogP contribution in [0, 0.1) is 5.92 Å². The number of rotatable bonds is 10. The van der Waals surface area contributed by atoms with Crippen molar-refractivity contribution in [1.82, 2.24) is 29.7 Å². The van der Waals surface area contributed by atoms with E-state index in [0.29, 0.717) is 62.7 Å². The van der Waals surface area contributed by atoms with Gasteiger partial charge in [0.1, 0.15) is 5.02 Å². The van der Waals surface area contributed by atoms with Crippen LogP contribution in [-0.2, 0) is 35.5 Å². The van der Waals surface area contributed by atoms with Crippen molar-refractivity contribution in [2.24, 2.45) is 13.0 Å². The minimum absolute atomic E-state index is 0.117. The van der Waals surface area contributed by atoms with Crippen LogP contribution in [0.2, 0.25) is 5.02 Å². The summed E-state index contributed by atoms with van der Waals surface area (Å²) in [5.41, 5.74) is -1.64. The van der Waals surface area contributed by atoms with E-state index in [1.165, 1.54) is 6.20 Å². The Morgan fingerprint density at radius 3 is 2.17 bits per heavy atom. The van der Waals surface area contributed by atoms with E-state index >= 15 is 0 Å². The van der Waals surface area contributed by atoms with Gasteiger partial charge >= 0.3 is 18.3 Å². The van der Waals surface area contributed by atoms with Crippen molar-refractivity contribution in [3.8, 4) is 11.1 Å². The third kappa shape index (κ3) is 8.60. The van der Waals surface area contributed by atoms with Gasteiger partial charge in [0.15, 0.2) is 5.82 Å². The molecule has 2 atom stereocenters. The van der Waals surface area contributed by atoms with Crippen molar-refractivity contribution in [1.29, 1.82) is 0 Å². The van der Waals surface area contributed by atoms with Crippen LogP contribution < -0.4 is 14.7 Å². The number of halogens is 7. The number of hydrogen-bond donors (Lipinski definition) is 0. The molecule has 2 saturated heterocycles. The standard InChI is InChI=1S/C35H38ClF6N9O2/c1-4-27-13-28(20-50(27)30-29(36)17-45-33(47-30)49-8-6-22(7-9-49)31(52)53-5-2)51(32-43-14-23(15-44-32)24-16-46-48(3)19-24)18-21-10-25(34(37,38)39)12-26(11-21)35(40,41)42/h10-12,14-17,19,22,27-28H,4-9,13,18,20H2,1-3H3. The van der Waals surface area contributed by atoms with E-state index in [0.717, 1.165) is 17.7 Å². The smallest absolute Gasteiger partial charge is 0.416 e. The normalized spacial score (nSPS) is 18.5. The number of anilines is 3. The third-order valence-corrected chi connectivity index (χ3v) is 9.89. The van der Waals surface area contributed by atoms with E-state index in [2.05, 4.69) is 20.1 Å². The fraction of sp³-hybridized carbons (Fsp3) is 0.486. The second-order valence-electron chi connectivity index (χ2n) is 13.2. The lowest BCUT2D eigenvalue weighted by atomic mass is 9.97. The number of carbonyl (C=O) groups is 1. The number of aromatic nitrogens is 6. The van der Waals surface area contributed by atoms with Crippen LogP contribution in [0.1, 0.15) is 56.2 Å². The maximum Gasteiger partial charge on any atom is 0.416 e. The summed E-state index contributed by atoms with van der Waals surface area (Å²) < 4.78 is 90.0. The molecule has 18 heteroatoms. The lowest BCUT2D eigenvalue weighted by Crippen LogP contribution is -2.39. The van der Waals surface area contributed by atoms with Crippen LogP contribution in [0.25, 0.3) is 11.1 Å². The van der Waals surface area contributed by atoms with Crippen LogP contribution in [-0.4, -0.2) is 74.0 Å². The van der Waals surface area contributed by atoms with Crippen molar-refractivity contribution >= 4 is 35.3 Å². The zero-order valence-electron chi connectivity index (χ0n) is 29.2. The highest BCUT2D eigenvalue weighted by atomic mass is 35.5. The number of ether oxygens (including phenoxy) is 1. The molecule has 3 aromatic heterocycles. The minimum Gasteiger partial charge on any atom is -0.466 e. The van der Waals surface area contributed by atoms with Gasteiger partial charge in [-0.15, -0.1) is 0 Å². The molecular weight excluding hydrogens is 728 g/mol. The molecular formula is C35H38ClF6N9O2. The van der Waals surface area contributed by atoms with Gasteiger partial charge in [-0.3, -0.25) is 9.48 Å². The van der Waals surface area contributed by atoms with Crippen LogP contribution in [0.4, 0.5) is 44.1 Å². The van der Waals surface area contributed by atoms with E-state index in [9.17, 15) is 31.1 Å². The number of aryl methyl sites for hydroxylation is 1. The number of carbonyl (C=O) groups excluding carboxylic acids is 1. The molecule has 2 aliphatic rings. The summed E-state index contributed by atoms with van der Waals surface area (Å²) >= 11 is 6.70. The molecule has 0 spiro atoms. The van der Waals surface area contributed by atoms with Crippen molar-refractivity contribution in [2.75, 3.05) is 40.9 Å². The number of alkyl halides is 6. The fourth-order valence-corrected chi connectivity index (χ4v) is 7.10. The van der Waals surface area contributed by atoms with Crippen LogP contribution >= 0.6 is 11.6 Å². The van der Waals surface area contributed by atoms with Crippen molar-refractivity contribution in [2.45, 2.75) is 70.5 Å². The summed E-state index contributed by atoms with van der Waals surface area (Å²) in [5, 5.41) is 4.44. The molecule has 4 aromatic rings. The molecule has 284 valence electrons. The van der Waals surface area contributed by atoms with Gasteiger partial charge in [0.05, 0.1) is 42.1 Å². The first kappa shape index (κ1) is 38.1. The van der Waals surface area contributed by atoms with Crippen molar-refractivity contribution in [3.63, 3.8) is 0 Å². The Morgan fingerprint density at radius 2 is 1.60 bits per heavy atom. The predicted octanol–water partition coefficient (Wildman–Crippen LogP) is 7.20. The average Bonchev–Trinajstić information content (AvgIpc) is 3.76. The van der Waals surface area contributed by atoms with Gasteiger partial charge in [0, 0.05) is 69.0 Å². The number of hydrogen-bond acceptors (Lipinski definition) is 10. The zero-order valence-corrected chi connectivity index (χ0v) is 30.0. The molecule has 0 saturated carbocycles. The number of esters is 1. The van der Waals surface area contributed by atoms with Gasteiger partial charge < -0.3 is 19.4 Å². The molecule has 53 heavy (non-hydrogen) atoms. The first-order valence-electron chi connectivity index (χ1n) is 17.2. The molecule has 0 bridgehead atoms. The number of benzene rings is 1. The van der Waals surface area contributed by atoms with Gasteiger partial charge in [-0.25, -0.2) is 15.0 Å². The SMILES string of the molecule is CCOC(=O)C1CCN(c2ncc(Cl)c(N3CC(N(Cc4cc(C(F)(F)F)cc(C(F)(F)F)c4)c4ncc(-c5cnn(C)c5)cn4)CC3CC)n2)CC1. The monoisotopic (exact) mass is 765 g/mol. The fourth-order valence-electron chi connectivity index (χ4n) is 6.90. The molecule has 0 N–H and O–H groups in total. The van der Waals surface area contributed by atoms with Gasteiger partial charge in [-0.2, -0.15) is 36.4 Å². The maximum atomic E-state index is 13.9. The zero-order chi connectivity index (χ0) is 38.1. The highest BCUT2D eigenvalue weighted by Gasteiger charge is 2.40. The average molecular weight is 766 g/mol. The summed E-state index contributed by atoms with van der Waals surface area (Å²) in [4.78, 5) is 36.3. The first-order valence-corrected chi connectivity index (χ1v) is 17.6. The highest BCUT2D eigenvalue weighted by Crippen LogP contribution is 2.39. The van der Waals surface area contributed by atoms with E-state index < -0.39 is 29.5 Å². The minimum atomic E-state index is -5.00. The Kier molecular flexibility index (Phi) is 11.0. The lowest BCUT2D eigenvalue weighted by Gasteiger charge is -2.32. The van der Waals surface area contributed by atoms with Gasteiger partial charge in [-0.1, -0.05) is 18.5 Å².